The summed E-state index contributed by atoms with van der Waals surface area (Å²) in [6, 6.07) is 14.3. The molecule has 0 bridgehead atoms. The fourth-order valence-electron chi connectivity index (χ4n) is 3.70. The minimum Gasteiger partial charge on any atom is -0.497 e. The average molecular weight is 349 g/mol. The number of methoxy groups -OCH3 is 1. The van der Waals surface area contributed by atoms with Crippen LogP contribution < -0.4 is 15.6 Å². The Morgan fingerprint density at radius 3 is 3.00 bits per heavy atom. The van der Waals surface area contributed by atoms with Crippen molar-refractivity contribution in [2.45, 2.75) is 31.8 Å². The summed E-state index contributed by atoms with van der Waals surface area (Å²) in [5.74, 6) is 0.913. The molecule has 0 amide bonds. The lowest BCUT2D eigenvalue weighted by molar-refractivity contribution is 0.409. The Bertz CT molecular complexity index is 980. The first-order valence-corrected chi connectivity index (χ1v) is 9.08. The Hall–Kier alpha value is -2.66. The third kappa shape index (κ3) is 3.35. The highest BCUT2D eigenvalue weighted by Crippen LogP contribution is 2.25. The molecule has 5 nitrogen and oxygen atoms in total. The zero-order valence-corrected chi connectivity index (χ0v) is 14.9. The third-order valence-electron chi connectivity index (χ3n) is 5.16. The lowest BCUT2D eigenvalue weighted by atomic mass is 9.88. The van der Waals surface area contributed by atoms with E-state index in [9.17, 15) is 4.79 Å². The molecule has 26 heavy (non-hydrogen) atoms. The second-order valence-electron chi connectivity index (χ2n) is 6.79. The van der Waals surface area contributed by atoms with Crippen LogP contribution in [0.4, 0.5) is 0 Å². The van der Waals surface area contributed by atoms with E-state index in [-0.39, 0.29) is 5.56 Å². The smallest absolute Gasteiger partial charge is 0.274 e. The number of benzene rings is 2. The summed E-state index contributed by atoms with van der Waals surface area (Å²) in [5.41, 5.74) is 2.74. The minimum atomic E-state index is -0.0244. The second kappa shape index (κ2) is 7.30. The lowest BCUT2D eigenvalue weighted by Crippen LogP contribution is -2.38. The van der Waals surface area contributed by atoms with Crippen molar-refractivity contribution in [1.29, 1.82) is 0 Å². The van der Waals surface area contributed by atoms with Crippen LogP contribution in [0.3, 0.4) is 0 Å². The molecule has 3 aromatic rings. The molecule has 1 aromatic heterocycles. The van der Waals surface area contributed by atoms with Gasteiger partial charge in [0.15, 0.2) is 0 Å². The second-order valence-corrected chi connectivity index (χ2v) is 6.79. The maximum atomic E-state index is 12.5. The normalized spacial score (nSPS) is 16.4. The number of nitrogens with one attached hydrogen (secondary N) is 1. The van der Waals surface area contributed by atoms with Crippen LogP contribution in [0.1, 0.15) is 17.5 Å². The topological polar surface area (TPSA) is 56.1 Å². The van der Waals surface area contributed by atoms with Crippen LogP contribution in [0, 0.1) is 0 Å². The lowest BCUT2D eigenvalue weighted by Gasteiger charge is -2.26. The van der Waals surface area contributed by atoms with E-state index in [1.807, 2.05) is 30.3 Å². The number of aromatic nitrogens is 2. The molecule has 0 saturated carbocycles. The molecule has 134 valence electrons. The molecule has 1 aliphatic carbocycles. The van der Waals surface area contributed by atoms with Crippen molar-refractivity contribution in [1.82, 2.24) is 15.1 Å². The van der Waals surface area contributed by atoms with E-state index >= 15 is 0 Å². The van der Waals surface area contributed by atoms with Crippen molar-refractivity contribution in [3.63, 3.8) is 0 Å². The van der Waals surface area contributed by atoms with E-state index in [1.54, 1.807) is 18.0 Å². The summed E-state index contributed by atoms with van der Waals surface area (Å²) >= 11 is 0. The van der Waals surface area contributed by atoms with Crippen LogP contribution in [0.2, 0.25) is 0 Å². The van der Waals surface area contributed by atoms with Crippen LogP contribution in [0.5, 0.6) is 5.75 Å². The van der Waals surface area contributed by atoms with E-state index in [2.05, 4.69) is 22.5 Å². The molecule has 5 heteroatoms. The first-order chi connectivity index (χ1) is 12.7. The summed E-state index contributed by atoms with van der Waals surface area (Å²) in [5, 5.41) is 9.49. The molecule has 0 saturated heterocycles. The van der Waals surface area contributed by atoms with E-state index in [1.165, 1.54) is 11.1 Å². The molecular weight excluding hydrogens is 326 g/mol. The molecule has 1 atom stereocenters. The van der Waals surface area contributed by atoms with Crippen molar-refractivity contribution >= 4 is 10.8 Å². The monoisotopic (exact) mass is 349 g/mol. The number of hydrogen-bond donors (Lipinski definition) is 1. The quantitative estimate of drug-likeness (QED) is 0.769. The predicted octanol–water partition coefficient (Wildman–Crippen LogP) is 2.55. The molecule has 1 N–H and O–H groups in total. The van der Waals surface area contributed by atoms with Gasteiger partial charge in [0.05, 0.1) is 25.2 Å². The highest BCUT2D eigenvalue weighted by molar-refractivity contribution is 5.80. The van der Waals surface area contributed by atoms with Gasteiger partial charge in [-0.3, -0.25) is 4.79 Å². The van der Waals surface area contributed by atoms with Crippen molar-refractivity contribution < 1.29 is 4.74 Å². The summed E-state index contributed by atoms with van der Waals surface area (Å²) in [6.45, 7) is 1.31. The van der Waals surface area contributed by atoms with Gasteiger partial charge in [-0.1, -0.05) is 24.3 Å². The fraction of sp³-hybridized carbons (Fsp3) is 0.333. The Labute approximate surface area is 152 Å². The predicted molar refractivity (Wildman–Crippen MR) is 103 cm³/mol. The number of ether oxygens (including phenoxy) is 1. The average Bonchev–Trinajstić information content (AvgIpc) is 2.69. The van der Waals surface area contributed by atoms with Gasteiger partial charge in [-0.05, 0) is 48.6 Å². The maximum absolute atomic E-state index is 12.5. The van der Waals surface area contributed by atoms with Gasteiger partial charge in [-0.15, -0.1) is 0 Å². The number of nitrogens with zero attached hydrogens (tertiary/aromatic N) is 2. The summed E-state index contributed by atoms with van der Waals surface area (Å²) in [7, 11) is 1.70. The van der Waals surface area contributed by atoms with E-state index in [4.69, 9.17) is 4.74 Å². The van der Waals surface area contributed by atoms with Crippen LogP contribution in [-0.4, -0.2) is 29.5 Å². The van der Waals surface area contributed by atoms with E-state index < -0.39 is 0 Å². The highest BCUT2D eigenvalue weighted by atomic mass is 16.5. The number of fused-ring (bicyclic) bond motifs is 2. The summed E-state index contributed by atoms with van der Waals surface area (Å²) in [4.78, 5) is 12.5. The molecule has 0 aliphatic heterocycles. The van der Waals surface area contributed by atoms with Gasteiger partial charge >= 0.3 is 0 Å². The van der Waals surface area contributed by atoms with Crippen LogP contribution in [0.15, 0.2) is 53.5 Å². The van der Waals surface area contributed by atoms with Crippen molar-refractivity contribution in [2.75, 3.05) is 13.7 Å². The molecule has 0 fully saturated rings. The Morgan fingerprint density at radius 1 is 1.23 bits per heavy atom. The van der Waals surface area contributed by atoms with Crippen LogP contribution in [-0.2, 0) is 19.4 Å². The number of rotatable bonds is 5. The van der Waals surface area contributed by atoms with Crippen molar-refractivity contribution in [2.24, 2.45) is 0 Å². The Kier molecular flexibility index (Phi) is 4.71. The first kappa shape index (κ1) is 16.8. The molecular formula is C21H23N3O2. The van der Waals surface area contributed by atoms with Gasteiger partial charge in [-0.2, -0.15) is 5.10 Å². The van der Waals surface area contributed by atoms with Crippen LogP contribution >= 0.6 is 0 Å². The molecule has 0 spiro atoms. The van der Waals surface area contributed by atoms with Crippen molar-refractivity contribution in [3.8, 4) is 5.75 Å². The van der Waals surface area contributed by atoms with Gasteiger partial charge in [0, 0.05) is 18.0 Å². The van der Waals surface area contributed by atoms with Crippen molar-refractivity contribution in [3.05, 3.63) is 70.1 Å². The van der Waals surface area contributed by atoms with Crippen LogP contribution in [0.25, 0.3) is 10.8 Å². The van der Waals surface area contributed by atoms with Gasteiger partial charge in [0.25, 0.3) is 5.56 Å². The fourth-order valence-corrected chi connectivity index (χ4v) is 3.70. The summed E-state index contributed by atoms with van der Waals surface area (Å²) in [6.07, 6.45) is 4.94. The molecule has 2 aromatic carbocycles. The summed E-state index contributed by atoms with van der Waals surface area (Å²) < 4.78 is 6.89. The highest BCUT2D eigenvalue weighted by Gasteiger charge is 2.18. The first-order valence-electron chi connectivity index (χ1n) is 9.08. The molecule has 0 unspecified atom stereocenters. The third-order valence-corrected chi connectivity index (χ3v) is 5.16. The van der Waals surface area contributed by atoms with E-state index in [0.29, 0.717) is 12.6 Å². The largest absolute Gasteiger partial charge is 0.497 e. The number of aryl methyl sites for hydroxylation is 1. The minimum absolute atomic E-state index is 0.0244. The number of hydrogen-bond acceptors (Lipinski definition) is 4. The Balaban J connectivity index is 1.39. The molecule has 0 radical (unpaired) electrons. The van der Waals surface area contributed by atoms with E-state index in [0.717, 1.165) is 42.3 Å². The molecule has 1 aliphatic rings. The van der Waals surface area contributed by atoms with Gasteiger partial charge in [0.2, 0.25) is 0 Å². The van der Waals surface area contributed by atoms with Gasteiger partial charge in [-0.25, -0.2) is 4.68 Å². The molecule has 1 heterocycles. The van der Waals surface area contributed by atoms with Gasteiger partial charge < -0.3 is 10.1 Å². The van der Waals surface area contributed by atoms with Gasteiger partial charge in [0.1, 0.15) is 5.75 Å². The Morgan fingerprint density at radius 2 is 2.12 bits per heavy atom. The SMILES string of the molecule is COc1ccc2c(c1)C[C@@H](NCCn1ncc3ccccc3c1=O)CC2. The zero-order valence-electron chi connectivity index (χ0n) is 14.9. The molecule has 4 rings (SSSR count). The standard InChI is InChI=1S/C21H23N3O2/c1-26-19-9-7-15-6-8-18(12-17(15)13-19)22-10-11-24-21(25)20-5-3-2-4-16(20)14-23-24/h2-5,7,9,13-14,18,22H,6,8,10-12H2,1H3/t18-/m0/s1. The maximum Gasteiger partial charge on any atom is 0.274 e. The zero-order chi connectivity index (χ0) is 17.9.